The van der Waals surface area contributed by atoms with Crippen LogP contribution in [-0.4, -0.2) is 16.1 Å². The van der Waals surface area contributed by atoms with Crippen molar-refractivity contribution < 1.29 is 9.21 Å². The molecule has 1 aromatic carbocycles. The van der Waals surface area contributed by atoms with Gasteiger partial charge in [-0.05, 0) is 25.0 Å². The largest absolute Gasteiger partial charge is 0.422 e. The van der Waals surface area contributed by atoms with E-state index < -0.39 is 11.5 Å². The average Bonchev–Trinajstić information content (AvgIpc) is 3.03. The van der Waals surface area contributed by atoms with Crippen molar-refractivity contribution in [2.45, 2.75) is 32.6 Å². The van der Waals surface area contributed by atoms with Gasteiger partial charge in [-0.2, -0.15) is 0 Å². The lowest BCUT2D eigenvalue weighted by Crippen LogP contribution is -2.20. The molecule has 124 valence electrons. The van der Waals surface area contributed by atoms with Gasteiger partial charge in [-0.1, -0.05) is 43.4 Å². The second kappa shape index (κ2) is 6.92. The molecule has 1 amide bonds. The minimum absolute atomic E-state index is 0.0482. The van der Waals surface area contributed by atoms with Gasteiger partial charge >= 0.3 is 5.63 Å². The van der Waals surface area contributed by atoms with E-state index in [4.69, 9.17) is 4.42 Å². The van der Waals surface area contributed by atoms with Crippen molar-refractivity contribution >= 4 is 33.3 Å². The maximum absolute atomic E-state index is 12.4. The van der Waals surface area contributed by atoms with E-state index in [1.54, 1.807) is 18.2 Å². The number of nitrogens with zero attached hydrogens (tertiary/aromatic N) is 2. The van der Waals surface area contributed by atoms with Crippen LogP contribution in [0.4, 0.5) is 5.13 Å². The van der Waals surface area contributed by atoms with Crippen molar-refractivity contribution in [3.63, 3.8) is 0 Å². The minimum atomic E-state index is -0.670. The molecule has 2 aromatic heterocycles. The van der Waals surface area contributed by atoms with Crippen LogP contribution in [0.25, 0.3) is 11.0 Å². The van der Waals surface area contributed by atoms with E-state index in [0.717, 1.165) is 17.8 Å². The number of fused-ring (bicyclic) bond motifs is 1. The van der Waals surface area contributed by atoms with Crippen LogP contribution in [0.15, 0.2) is 39.5 Å². The third-order valence-corrected chi connectivity index (χ3v) is 4.88. The summed E-state index contributed by atoms with van der Waals surface area (Å²) in [5, 5.41) is 12.7. The molecule has 0 saturated heterocycles. The molecule has 0 radical (unpaired) electrons. The van der Waals surface area contributed by atoms with Gasteiger partial charge in [0.15, 0.2) is 0 Å². The lowest BCUT2D eigenvalue weighted by molar-refractivity contribution is 0.102. The molecule has 24 heavy (non-hydrogen) atoms. The topological polar surface area (TPSA) is 85.1 Å². The Bertz CT molecular complexity index is 928. The zero-order valence-corrected chi connectivity index (χ0v) is 14.2. The van der Waals surface area contributed by atoms with Gasteiger partial charge in [-0.15, -0.1) is 10.2 Å². The monoisotopic (exact) mass is 343 g/mol. The molecule has 0 saturated carbocycles. The molecule has 0 bridgehead atoms. The highest BCUT2D eigenvalue weighted by atomic mass is 32.1. The summed E-state index contributed by atoms with van der Waals surface area (Å²) in [6.07, 6.45) is 1.93. The quantitative estimate of drug-likeness (QED) is 0.712. The first-order valence-corrected chi connectivity index (χ1v) is 8.61. The first kappa shape index (κ1) is 16.3. The van der Waals surface area contributed by atoms with Crippen LogP contribution < -0.4 is 10.9 Å². The molecule has 3 rings (SSSR count). The van der Waals surface area contributed by atoms with E-state index in [0.29, 0.717) is 22.0 Å². The highest BCUT2D eigenvalue weighted by Crippen LogP contribution is 2.28. The average molecular weight is 343 g/mol. The molecule has 0 atom stereocenters. The number of benzene rings is 1. The SMILES string of the molecule is CCC(CC)c1nnc(NC(=O)c2cc3ccccc3oc2=O)s1. The van der Waals surface area contributed by atoms with E-state index in [1.165, 1.54) is 17.4 Å². The van der Waals surface area contributed by atoms with Gasteiger partial charge in [0.05, 0.1) is 0 Å². The molecule has 7 heteroatoms. The molecule has 0 unspecified atom stereocenters. The van der Waals surface area contributed by atoms with Crippen molar-refractivity contribution in [2.75, 3.05) is 5.32 Å². The molecule has 0 fully saturated rings. The van der Waals surface area contributed by atoms with Gasteiger partial charge in [0.2, 0.25) is 5.13 Å². The Hall–Kier alpha value is -2.54. The Morgan fingerprint density at radius 3 is 2.75 bits per heavy atom. The smallest absolute Gasteiger partial charge is 0.349 e. The first-order chi connectivity index (χ1) is 11.6. The van der Waals surface area contributed by atoms with Gasteiger partial charge in [0, 0.05) is 11.3 Å². The van der Waals surface area contributed by atoms with E-state index >= 15 is 0 Å². The number of carbonyl (C=O) groups excluding carboxylic acids is 1. The Labute approximate surface area is 142 Å². The van der Waals surface area contributed by atoms with E-state index in [9.17, 15) is 9.59 Å². The lowest BCUT2D eigenvalue weighted by atomic mass is 10.1. The summed E-state index contributed by atoms with van der Waals surface area (Å²) < 4.78 is 5.18. The molecule has 6 nitrogen and oxygen atoms in total. The first-order valence-electron chi connectivity index (χ1n) is 7.80. The normalized spacial score (nSPS) is 11.1. The van der Waals surface area contributed by atoms with Gasteiger partial charge < -0.3 is 4.42 Å². The number of nitrogens with one attached hydrogen (secondary N) is 1. The lowest BCUT2D eigenvalue weighted by Gasteiger charge is -2.05. The Morgan fingerprint density at radius 1 is 1.25 bits per heavy atom. The maximum atomic E-state index is 12.4. The van der Waals surface area contributed by atoms with Gasteiger partial charge in [0.25, 0.3) is 5.91 Å². The summed E-state index contributed by atoms with van der Waals surface area (Å²) >= 11 is 1.34. The number of amides is 1. The van der Waals surface area contributed by atoms with Crippen molar-refractivity contribution in [2.24, 2.45) is 0 Å². The molecule has 0 aliphatic rings. The molecular formula is C17H17N3O3S. The van der Waals surface area contributed by atoms with E-state index in [-0.39, 0.29) is 5.56 Å². The maximum Gasteiger partial charge on any atom is 0.349 e. The Morgan fingerprint density at radius 2 is 2.00 bits per heavy atom. The molecule has 2 heterocycles. The van der Waals surface area contributed by atoms with Crippen LogP contribution in [0, 0.1) is 0 Å². The highest BCUT2D eigenvalue weighted by molar-refractivity contribution is 7.15. The molecule has 3 aromatic rings. The predicted molar refractivity (Wildman–Crippen MR) is 93.7 cm³/mol. The van der Waals surface area contributed by atoms with Gasteiger partial charge in [0.1, 0.15) is 16.2 Å². The Kier molecular flexibility index (Phi) is 4.71. The number of rotatable bonds is 5. The minimum Gasteiger partial charge on any atom is -0.422 e. The third-order valence-electron chi connectivity index (χ3n) is 3.88. The van der Waals surface area contributed by atoms with Crippen LogP contribution in [0.5, 0.6) is 0 Å². The number of anilines is 1. The van der Waals surface area contributed by atoms with Crippen molar-refractivity contribution in [1.82, 2.24) is 10.2 Å². The summed E-state index contributed by atoms with van der Waals surface area (Å²) in [6, 6.07) is 8.58. The van der Waals surface area contributed by atoms with Crippen LogP contribution >= 0.6 is 11.3 Å². The number of para-hydroxylation sites is 1. The number of aromatic nitrogens is 2. The zero-order valence-electron chi connectivity index (χ0n) is 13.4. The van der Waals surface area contributed by atoms with Crippen LogP contribution in [0.3, 0.4) is 0 Å². The number of carbonyl (C=O) groups is 1. The number of hydrogen-bond donors (Lipinski definition) is 1. The summed E-state index contributed by atoms with van der Waals surface area (Å²) in [7, 11) is 0. The van der Waals surface area contributed by atoms with E-state index in [1.807, 2.05) is 6.07 Å². The van der Waals surface area contributed by atoms with Crippen LogP contribution in [0.2, 0.25) is 0 Å². The van der Waals surface area contributed by atoms with Crippen molar-refractivity contribution in [3.05, 3.63) is 51.3 Å². The summed E-state index contributed by atoms with van der Waals surface area (Å²) in [5.74, 6) is -0.208. The van der Waals surface area contributed by atoms with E-state index in [2.05, 4.69) is 29.4 Å². The molecule has 1 N–H and O–H groups in total. The molecular weight excluding hydrogens is 326 g/mol. The second-order valence-corrected chi connectivity index (χ2v) is 6.41. The number of hydrogen-bond acceptors (Lipinski definition) is 6. The summed E-state index contributed by atoms with van der Waals surface area (Å²) in [6.45, 7) is 4.18. The third kappa shape index (κ3) is 3.21. The summed E-state index contributed by atoms with van der Waals surface area (Å²) in [5.41, 5.74) is -0.269. The van der Waals surface area contributed by atoms with Gasteiger partial charge in [-0.25, -0.2) is 4.79 Å². The summed E-state index contributed by atoms with van der Waals surface area (Å²) in [4.78, 5) is 24.4. The Balaban J connectivity index is 1.85. The van der Waals surface area contributed by atoms with Gasteiger partial charge in [-0.3, -0.25) is 10.1 Å². The predicted octanol–water partition coefficient (Wildman–Crippen LogP) is 3.80. The van der Waals surface area contributed by atoms with Crippen molar-refractivity contribution in [3.8, 4) is 0 Å². The molecule has 0 aliphatic carbocycles. The van der Waals surface area contributed by atoms with Crippen molar-refractivity contribution in [1.29, 1.82) is 0 Å². The molecule has 0 spiro atoms. The second-order valence-electron chi connectivity index (χ2n) is 5.40. The van der Waals surface area contributed by atoms with Crippen LogP contribution in [-0.2, 0) is 0 Å². The van der Waals surface area contributed by atoms with Crippen LogP contribution in [0.1, 0.15) is 48.0 Å². The zero-order chi connectivity index (χ0) is 17.1. The standard InChI is InChI=1S/C17H17N3O3S/c1-3-10(4-2)15-19-20-17(24-15)18-14(21)12-9-11-7-5-6-8-13(11)23-16(12)22/h5-10H,3-4H2,1-2H3,(H,18,20,21). The fraction of sp³-hybridized carbons (Fsp3) is 0.294. The fourth-order valence-electron chi connectivity index (χ4n) is 2.47. The molecule has 0 aliphatic heterocycles. The fourth-order valence-corrected chi connectivity index (χ4v) is 3.48. The highest BCUT2D eigenvalue weighted by Gasteiger charge is 2.18.